The quantitative estimate of drug-likeness (QED) is 0.557. The van der Waals surface area contributed by atoms with Gasteiger partial charge in [0.15, 0.2) is 0 Å². The van der Waals surface area contributed by atoms with Crippen molar-refractivity contribution in [3.8, 4) is 11.4 Å². The summed E-state index contributed by atoms with van der Waals surface area (Å²) in [5, 5.41) is 25.5. The summed E-state index contributed by atoms with van der Waals surface area (Å²) in [4.78, 5) is 23.7. The fourth-order valence-electron chi connectivity index (χ4n) is 2.30. The van der Waals surface area contributed by atoms with Crippen LogP contribution >= 0.6 is 0 Å². The summed E-state index contributed by atoms with van der Waals surface area (Å²) >= 11 is 0. The van der Waals surface area contributed by atoms with Gasteiger partial charge in [-0.25, -0.2) is 0 Å². The fourth-order valence-corrected chi connectivity index (χ4v) is 2.30. The smallest absolute Gasteiger partial charge is 0.271 e. The summed E-state index contributed by atoms with van der Waals surface area (Å²) in [5.41, 5.74) is 2.93. The molecule has 1 heterocycles. The van der Waals surface area contributed by atoms with Gasteiger partial charge in [0.2, 0.25) is 11.7 Å². The van der Waals surface area contributed by atoms with Crippen LogP contribution in [0, 0.1) is 24.0 Å². The normalized spacial score (nSPS) is 10.5. The Labute approximate surface area is 148 Å². The van der Waals surface area contributed by atoms with E-state index in [9.17, 15) is 14.9 Å². The number of nitro groups is 1. The molecule has 0 atom stereocenters. The summed E-state index contributed by atoms with van der Waals surface area (Å²) < 4.78 is 0. The van der Waals surface area contributed by atoms with E-state index in [2.05, 4.69) is 20.7 Å². The van der Waals surface area contributed by atoms with Crippen LogP contribution in [0.2, 0.25) is 0 Å². The van der Waals surface area contributed by atoms with E-state index in [1.165, 1.54) is 16.9 Å². The number of hydrogen-bond acceptors (Lipinski definition) is 6. The van der Waals surface area contributed by atoms with Gasteiger partial charge in [0, 0.05) is 17.7 Å². The van der Waals surface area contributed by atoms with E-state index in [-0.39, 0.29) is 12.2 Å². The Kier molecular flexibility index (Phi) is 4.70. The maximum atomic E-state index is 12.2. The summed E-state index contributed by atoms with van der Waals surface area (Å²) in [5.74, 6) is 0.0192. The number of carbonyl (C=O) groups excluding carboxylic acids is 1. The highest BCUT2D eigenvalue weighted by Gasteiger charge is 2.13. The van der Waals surface area contributed by atoms with Crippen LogP contribution in [-0.2, 0) is 11.3 Å². The molecule has 3 rings (SSSR count). The monoisotopic (exact) mass is 352 g/mol. The SMILES string of the molecule is Cc1ccc(-c2nnn(CC(=O)Nc3cc([N+](=O)[O-])ccc3C)n2)cc1. The van der Waals surface area contributed by atoms with Crippen molar-refractivity contribution in [2.75, 3.05) is 5.32 Å². The molecule has 132 valence electrons. The van der Waals surface area contributed by atoms with Crippen LogP contribution in [0.3, 0.4) is 0 Å². The van der Waals surface area contributed by atoms with Gasteiger partial charge in [0.05, 0.1) is 10.6 Å². The number of tetrazole rings is 1. The van der Waals surface area contributed by atoms with E-state index in [1.54, 1.807) is 13.0 Å². The molecule has 0 bridgehead atoms. The number of aryl methyl sites for hydroxylation is 2. The van der Waals surface area contributed by atoms with Gasteiger partial charge in [-0.15, -0.1) is 10.2 Å². The lowest BCUT2D eigenvalue weighted by molar-refractivity contribution is -0.384. The van der Waals surface area contributed by atoms with Crippen LogP contribution in [0.25, 0.3) is 11.4 Å². The standard InChI is InChI=1S/C17H16N6O3/c1-11-3-6-13(7-4-11)17-19-21-22(20-17)10-16(24)18-15-9-14(23(25)26)8-5-12(15)2/h3-9H,10H2,1-2H3,(H,18,24). The van der Waals surface area contributed by atoms with E-state index in [0.29, 0.717) is 11.5 Å². The topological polar surface area (TPSA) is 116 Å². The van der Waals surface area contributed by atoms with Crippen LogP contribution in [0.1, 0.15) is 11.1 Å². The number of aromatic nitrogens is 4. The van der Waals surface area contributed by atoms with Crippen LogP contribution in [0.4, 0.5) is 11.4 Å². The minimum Gasteiger partial charge on any atom is -0.324 e. The molecule has 1 amide bonds. The lowest BCUT2D eigenvalue weighted by atomic mass is 10.1. The Bertz CT molecular complexity index is 965. The predicted octanol–water partition coefficient (Wildman–Crippen LogP) is 2.50. The number of nitrogens with zero attached hydrogens (tertiary/aromatic N) is 5. The highest BCUT2D eigenvalue weighted by molar-refractivity contribution is 5.91. The van der Waals surface area contributed by atoms with Gasteiger partial charge in [-0.3, -0.25) is 14.9 Å². The average molecular weight is 352 g/mol. The number of hydrogen-bond donors (Lipinski definition) is 1. The molecule has 2 aromatic carbocycles. The molecule has 0 unspecified atom stereocenters. The fraction of sp³-hybridized carbons (Fsp3) is 0.176. The van der Waals surface area contributed by atoms with Crippen molar-refractivity contribution in [1.29, 1.82) is 0 Å². The lowest BCUT2D eigenvalue weighted by Gasteiger charge is -2.07. The second-order valence-electron chi connectivity index (χ2n) is 5.81. The third-order valence-electron chi connectivity index (χ3n) is 3.75. The Hall–Kier alpha value is -3.62. The van der Waals surface area contributed by atoms with Gasteiger partial charge in [-0.05, 0) is 24.6 Å². The first-order valence-corrected chi connectivity index (χ1v) is 7.82. The average Bonchev–Trinajstić information content (AvgIpc) is 3.05. The number of benzene rings is 2. The first-order valence-electron chi connectivity index (χ1n) is 7.82. The third-order valence-corrected chi connectivity index (χ3v) is 3.75. The van der Waals surface area contributed by atoms with Crippen LogP contribution < -0.4 is 5.32 Å². The molecule has 0 aliphatic rings. The van der Waals surface area contributed by atoms with E-state index >= 15 is 0 Å². The van der Waals surface area contributed by atoms with Gasteiger partial charge in [0.25, 0.3) is 5.69 Å². The molecule has 0 fully saturated rings. The molecule has 0 saturated carbocycles. The summed E-state index contributed by atoms with van der Waals surface area (Å²) in [6.07, 6.45) is 0. The minimum atomic E-state index is -0.512. The van der Waals surface area contributed by atoms with Crippen LogP contribution in [0.15, 0.2) is 42.5 Å². The maximum Gasteiger partial charge on any atom is 0.271 e. The number of nitro benzene ring substituents is 1. The Balaban J connectivity index is 1.70. The number of non-ortho nitro benzene ring substituents is 1. The first kappa shape index (κ1) is 17.2. The molecule has 0 radical (unpaired) electrons. The zero-order valence-corrected chi connectivity index (χ0v) is 14.2. The Morgan fingerprint density at radius 3 is 2.62 bits per heavy atom. The molecule has 26 heavy (non-hydrogen) atoms. The summed E-state index contributed by atoms with van der Waals surface area (Å²) in [6, 6.07) is 11.9. The van der Waals surface area contributed by atoms with Gasteiger partial charge < -0.3 is 5.32 Å². The first-order chi connectivity index (χ1) is 12.4. The van der Waals surface area contributed by atoms with E-state index in [0.717, 1.165) is 16.7 Å². The molecule has 0 spiro atoms. The molecule has 0 saturated heterocycles. The lowest BCUT2D eigenvalue weighted by Crippen LogP contribution is -2.21. The van der Waals surface area contributed by atoms with Crippen molar-refractivity contribution in [3.63, 3.8) is 0 Å². The van der Waals surface area contributed by atoms with E-state index in [1.807, 2.05) is 31.2 Å². The van der Waals surface area contributed by atoms with Crippen molar-refractivity contribution in [2.24, 2.45) is 0 Å². The van der Waals surface area contributed by atoms with Gasteiger partial charge in [-0.2, -0.15) is 4.80 Å². The third kappa shape index (κ3) is 3.89. The van der Waals surface area contributed by atoms with Crippen molar-refractivity contribution >= 4 is 17.3 Å². The van der Waals surface area contributed by atoms with Gasteiger partial charge >= 0.3 is 0 Å². The molecule has 0 aliphatic carbocycles. The van der Waals surface area contributed by atoms with Crippen LogP contribution in [-0.4, -0.2) is 31.0 Å². The molecule has 3 aromatic rings. The van der Waals surface area contributed by atoms with Crippen LogP contribution in [0.5, 0.6) is 0 Å². The van der Waals surface area contributed by atoms with Crippen molar-refractivity contribution in [3.05, 3.63) is 63.7 Å². The molecule has 9 nitrogen and oxygen atoms in total. The van der Waals surface area contributed by atoms with E-state index < -0.39 is 10.8 Å². The van der Waals surface area contributed by atoms with Gasteiger partial charge in [-0.1, -0.05) is 35.9 Å². The van der Waals surface area contributed by atoms with Gasteiger partial charge in [0.1, 0.15) is 6.54 Å². The number of carbonyl (C=O) groups is 1. The molecule has 0 aliphatic heterocycles. The molecule has 9 heteroatoms. The highest BCUT2D eigenvalue weighted by atomic mass is 16.6. The second kappa shape index (κ2) is 7.09. The molecule has 1 N–H and O–H groups in total. The van der Waals surface area contributed by atoms with E-state index in [4.69, 9.17) is 0 Å². The minimum absolute atomic E-state index is 0.0913. The Morgan fingerprint density at radius 2 is 1.92 bits per heavy atom. The highest BCUT2D eigenvalue weighted by Crippen LogP contribution is 2.21. The van der Waals surface area contributed by atoms with Crippen molar-refractivity contribution in [1.82, 2.24) is 20.2 Å². The molecular weight excluding hydrogens is 336 g/mol. The zero-order valence-electron chi connectivity index (χ0n) is 14.2. The summed E-state index contributed by atoms with van der Waals surface area (Å²) in [6.45, 7) is 3.58. The molecule has 1 aromatic heterocycles. The Morgan fingerprint density at radius 1 is 1.19 bits per heavy atom. The molecular formula is C17H16N6O3. The largest absolute Gasteiger partial charge is 0.324 e. The second-order valence-corrected chi connectivity index (χ2v) is 5.81. The maximum absolute atomic E-state index is 12.2. The van der Waals surface area contributed by atoms with Crippen molar-refractivity contribution < 1.29 is 9.72 Å². The summed E-state index contributed by atoms with van der Waals surface area (Å²) in [7, 11) is 0. The number of anilines is 1. The predicted molar refractivity (Wildman–Crippen MR) is 94.5 cm³/mol. The number of rotatable bonds is 5. The van der Waals surface area contributed by atoms with Crippen molar-refractivity contribution in [2.45, 2.75) is 20.4 Å². The number of amides is 1. The zero-order chi connectivity index (χ0) is 18.7. The number of nitrogens with one attached hydrogen (secondary N) is 1.